The van der Waals surface area contributed by atoms with Gasteiger partial charge < -0.3 is 5.73 Å². The Balaban J connectivity index is 0. The molecule has 0 aromatic heterocycles. The first kappa shape index (κ1) is 16.0. The third kappa shape index (κ3) is 5.78. The Hall–Kier alpha value is -1.45. The first-order valence-electron chi connectivity index (χ1n) is 4.86. The number of benzene rings is 1. The first-order valence-corrected chi connectivity index (χ1v) is 4.86. The fraction of sp³-hybridized carbons (Fsp3) is 0.364. The van der Waals surface area contributed by atoms with Gasteiger partial charge in [0.1, 0.15) is 11.6 Å². The van der Waals surface area contributed by atoms with Gasteiger partial charge in [0.05, 0.1) is 5.56 Å². The lowest BCUT2D eigenvalue weighted by Crippen LogP contribution is -2.12. The molecule has 0 unspecified atom stereocenters. The van der Waals surface area contributed by atoms with Crippen LogP contribution in [0.3, 0.4) is 0 Å². The molecule has 2 nitrogen and oxygen atoms in total. The molecule has 4 heteroatoms. The molecule has 1 rings (SSSR count). The molecule has 1 aromatic rings. The summed E-state index contributed by atoms with van der Waals surface area (Å²) < 4.78 is 24.8. The molecule has 2 N–H and O–H groups in total. The minimum absolute atomic E-state index is 0.300. The molecule has 0 heterocycles. The zero-order valence-corrected chi connectivity index (χ0v) is 9.47. The zero-order valence-electron chi connectivity index (χ0n) is 9.47. The van der Waals surface area contributed by atoms with Crippen LogP contribution in [0.4, 0.5) is 8.78 Å². The average molecular weight is 217 g/mol. The summed E-state index contributed by atoms with van der Waals surface area (Å²) in [4.78, 5) is 10.4. The van der Waals surface area contributed by atoms with E-state index in [4.69, 9.17) is 5.73 Å². The molecule has 0 atom stereocenters. The highest BCUT2D eigenvalue weighted by molar-refractivity contribution is 5.92. The predicted molar refractivity (Wildman–Crippen MR) is 57.6 cm³/mol. The van der Waals surface area contributed by atoms with Crippen LogP contribution in [0.25, 0.3) is 0 Å². The molecule has 0 fully saturated rings. The molecule has 0 aliphatic rings. The van der Waals surface area contributed by atoms with E-state index >= 15 is 0 Å². The second-order valence-corrected chi connectivity index (χ2v) is 1.99. The van der Waals surface area contributed by atoms with E-state index < -0.39 is 17.5 Å². The molecule has 0 bridgehead atoms. The van der Waals surface area contributed by atoms with Crippen molar-refractivity contribution in [2.24, 2.45) is 5.73 Å². The summed E-state index contributed by atoms with van der Waals surface area (Å²) in [6, 6.07) is 2.59. The Bertz CT molecular complexity index is 301. The minimum Gasteiger partial charge on any atom is -0.366 e. The number of carbonyl (C=O) groups excluding carboxylic acids is 1. The molecule has 0 aliphatic heterocycles. The molecule has 86 valence electrons. The topological polar surface area (TPSA) is 43.1 Å². The van der Waals surface area contributed by atoms with Gasteiger partial charge in [-0.05, 0) is 12.1 Å². The fourth-order valence-electron chi connectivity index (χ4n) is 0.689. The van der Waals surface area contributed by atoms with E-state index in [0.717, 1.165) is 12.1 Å². The van der Waals surface area contributed by atoms with Crippen molar-refractivity contribution < 1.29 is 13.6 Å². The Morgan fingerprint density at radius 3 is 1.93 bits per heavy atom. The molecule has 1 aromatic carbocycles. The molecule has 0 radical (unpaired) electrons. The number of nitrogens with two attached hydrogens (primary N) is 1. The largest absolute Gasteiger partial charge is 0.366 e. The van der Waals surface area contributed by atoms with Crippen molar-refractivity contribution in [3.8, 4) is 0 Å². The molecular weight excluding hydrogens is 200 g/mol. The van der Waals surface area contributed by atoms with E-state index in [1.807, 2.05) is 27.7 Å². The van der Waals surface area contributed by atoms with Crippen LogP contribution in [0.15, 0.2) is 18.2 Å². The van der Waals surface area contributed by atoms with Crippen molar-refractivity contribution >= 4 is 5.91 Å². The molecule has 0 saturated carbocycles. The van der Waals surface area contributed by atoms with Crippen molar-refractivity contribution in [3.63, 3.8) is 0 Å². The van der Waals surface area contributed by atoms with Crippen molar-refractivity contribution in [1.29, 1.82) is 0 Å². The minimum atomic E-state index is -0.933. The summed E-state index contributed by atoms with van der Waals surface area (Å²) in [6.45, 7) is 8.00. The standard InChI is InChI=1S/C7H5F2NO.2C2H6/c8-4-1-2-5(7(10)11)6(9)3-4;2*1-2/h1-3H,(H2,10,11);2*1-2H3. The van der Waals surface area contributed by atoms with Crippen LogP contribution in [0, 0.1) is 11.6 Å². The van der Waals surface area contributed by atoms with Crippen molar-refractivity contribution in [3.05, 3.63) is 35.4 Å². The summed E-state index contributed by atoms with van der Waals surface area (Å²) in [5, 5.41) is 0. The monoisotopic (exact) mass is 217 g/mol. The van der Waals surface area contributed by atoms with Gasteiger partial charge in [0, 0.05) is 6.07 Å². The third-order valence-electron chi connectivity index (χ3n) is 1.20. The Kier molecular flexibility index (Phi) is 9.73. The summed E-state index contributed by atoms with van der Waals surface area (Å²) >= 11 is 0. The van der Waals surface area contributed by atoms with E-state index in [2.05, 4.69) is 0 Å². The smallest absolute Gasteiger partial charge is 0.251 e. The van der Waals surface area contributed by atoms with Gasteiger partial charge in [-0.3, -0.25) is 4.79 Å². The Morgan fingerprint density at radius 2 is 1.60 bits per heavy atom. The SMILES string of the molecule is CC.CC.NC(=O)c1ccc(F)cc1F. The van der Waals surface area contributed by atoms with Crippen LogP contribution < -0.4 is 5.73 Å². The second-order valence-electron chi connectivity index (χ2n) is 1.99. The maximum Gasteiger partial charge on any atom is 0.251 e. The van der Waals surface area contributed by atoms with Crippen LogP contribution in [0.2, 0.25) is 0 Å². The highest BCUT2D eigenvalue weighted by Gasteiger charge is 2.07. The van der Waals surface area contributed by atoms with E-state index in [1.165, 1.54) is 0 Å². The van der Waals surface area contributed by atoms with Crippen molar-refractivity contribution in [2.45, 2.75) is 27.7 Å². The van der Waals surface area contributed by atoms with Crippen LogP contribution in [-0.4, -0.2) is 5.91 Å². The molecule has 0 saturated heterocycles. The number of rotatable bonds is 1. The summed E-state index contributed by atoms with van der Waals surface area (Å²) in [6.07, 6.45) is 0. The van der Waals surface area contributed by atoms with Gasteiger partial charge in [-0.1, -0.05) is 27.7 Å². The van der Waals surface area contributed by atoms with Gasteiger partial charge in [-0.2, -0.15) is 0 Å². The number of hydrogen-bond donors (Lipinski definition) is 1. The summed E-state index contributed by atoms with van der Waals surface area (Å²) in [7, 11) is 0. The second kappa shape index (κ2) is 9.12. The van der Waals surface area contributed by atoms with Gasteiger partial charge in [0.25, 0.3) is 5.91 Å². The van der Waals surface area contributed by atoms with Gasteiger partial charge >= 0.3 is 0 Å². The predicted octanol–water partition coefficient (Wildman–Crippen LogP) is 3.12. The normalized spacial score (nSPS) is 7.87. The highest BCUT2D eigenvalue weighted by Crippen LogP contribution is 2.07. The van der Waals surface area contributed by atoms with Crippen LogP contribution >= 0.6 is 0 Å². The first-order chi connectivity index (χ1) is 7.11. The van der Waals surface area contributed by atoms with E-state index in [0.29, 0.717) is 6.07 Å². The van der Waals surface area contributed by atoms with Crippen LogP contribution in [-0.2, 0) is 0 Å². The van der Waals surface area contributed by atoms with Crippen LogP contribution in [0.1, 0.15) is 38.1 Å². The van der Waals surface area contributed by atoms with Crippen LogP contribution in [0.5, 0.6) is 0 Å². The highest BCUT2D eigenvalue weighted by atomic mass is 19.1. The fourth-order valence-corrected chi connectivity index (χ4v) is 0.689. The number of carbonyl (C=O) groups is 1. The summed E-state index contributed by atoms with van der Waals surface area (Å²) in [5.74, 6) is -2.56. The van der Waals surface area contributed by atoms with Gasteiger partial charge in [-0.25, -0.2) is 8.78 Å². The van der Waals surface area contributed by atoms with E-state index in [9.17, 15) is 13.6 Å². The van der Waals surface area contributed by atoms with E-state index in [-0.39, 0.29) is 5.56 Å². The lowest BCUT2D eigenvalue weighted by molar-refractivity contribution is 0.0996. The van der Waals surface area contributed by atoms with Crippen molar-refractivity contribution in [1.82, 2.24) is 0 Å². The molecule has 0 aliphatic carbocycles. The maximum absolute atomic E-state index is 12.6. The molecule has 0 spiro atoms. The lowest BCUT2D eigenvalue weighted by Gasteiger charge is -1.95. The molecular formula is C11H17F2NO. The molecule has 1 amide bonds. The average Bonchev–Trinajstić information content (AvgIpc) is 2.23. The summed E-state index contributed by atoms with van der Waals surface area (Å²) in [5.41, 5.74) is 4.46. The van der Waals surface area contributed by atoms with E-state index in [1.54, 1.807) is 0 Å². The Labute approximate surface area is 89.1 Å². The van der Waals surface area contributed by atoms with Gasteiger partial charge in [0.2, 0.25) is 0 Å². The molecule has 15 heavy (non-hydrogen) atoms. The maximum atomic E-state index is 12.6. The zero-order chi connectivity index (χ0) is 12.4. The number of primary amides is 1. The van der Waals surface area contributed by atoms with Crippen molar-refractivity contribution in [2.75, 3.05) is 0 Å². The lowest BCUT2D eigenvalue weighted by atomic mass is 10.2. The Morgan fingerprint density at radius 1 is 1.13 bits per heavy atom. The third-order valence-corrected chi connectivity index (χ3v) is 1.20. The number of halogens is 2. The number of amides is 1. The quantitative estimate of drug-likeness (QED) is 0.771. The van der Waals surface area contributed by atoms with Gasteiger partial charge in [0.15, 0.2) is 0 Å². The van der Waals surface area contributed by atoms with Gasteiger partial charge in [-0.15, -0.1) is 0 Å². The number of hydrogen-bond acceptors (Lipinski definition) is 1.